The molecule has 0 bridgehead atoms. The smallest absolute Gasteiger partial charge is 0.271 e. The number of nitrogens with zero attached hydrogens (tertiary/aromatic N) is 1. The second-order valence-electron chi connectivity index (χ2n) is 4.68. The van der Waals surface area contributed by atoms with Crippen LogP contribution in [0.15, 0.2) is 18.2 Å². The van der Waals surface area contributed by atoms with Crippen molar-refractivity contribution in [1.82, 2.24) is 5.32 Å². The van der Waals surface area contributed by atoms with E-state index in [9.17, 15) is 14.9 Å². The molecule has 1 amide bonds. The van der Waals surface area contributed by atoms with Gasteiger partial charge in [-0.15, -0.1) is 0 Å². The van der Waals surface area contributed by atoms with Gasteiger partial charge in [0.15, 0.2) is 0 Å². The SMILES string of the molecule is CC(Nc1ccc([N+](=O)[O-])cc1N)C(=O)NC1CC1. The molecule has 1 unspecified atom stereocenters. The Bertz CT molecular complexity index is 514. The summed E-state index contributed by atoms with van der Waals surface area (Å²) in [6.45, 7) is 1.72. The Balaban J connectivity index is 2.01. The van der Waals surface area contributed by atoms with Crippen LogP contribution in [0.2, 0.25) is 0 Å². The second-order valence-corrected chi connectivity index (χ2v) is 4.68. The maximum Gasteiger partial charge on any atom is 0.271 e. The molecule has 102 valence electrons. The van der Waals surface area contributed by atoms with E-state index < -0.39 is 11.0 Å². The number of carbonyl (C=O) groups excluding carboxylic acids is 1. The van der Waals surface area contributed by atoms with Crippen molar-refractivity contribution in [1.29, 1.82) is 0 Å². The number of non-ortho nitro benzene ring substituents is 1. The maximum absolute atomic E-state index is 11.8. The Morgan fingerprint density at radius 1 is 1.53 bits per heavy atom. The Labute approximate surface area is 110 Å². The van der Waals surface area contributed by atoms with E-state index in [-0.39, 0.29) is 17.3 Å². The van der Waals surface area contributed by atoms with Crippen molar-refractivity contribution in [3.05, 3.63) is 28.3 Å². The molecule has 2 rings (SSSR count). The van der Waals surface area contributed by atoms with Crippen LogP contribution in [0.25, 0.3) is 0 Å². The molecule has 0 aromatic heterocycles. The van der Waals surface area contributed by atoms with E-state index in [0.717, 1.165) is 12.8 Å². The van der Waals surface area contributed by atoms with Crippen molar-refractivity contribution in [2.24, 2.45) is 0 Å². The van der Waals surface area contributed by atoms with E-state index in [1.165, 1.54) is 18.2 Å². The first-order valence-corrected chi connectivity index (χ1v) is 6.08. The molecule has 1 aromatic rings. The molecule has 7 heteroatoms. The van der Waals surface area contributed by atoms with Gasteiger partial charge in [0.1, 0.15) is 6.04 Å². The van der Waals surface area contributed by atoms with Crippen molar-refractivity contribution in [3.63, 3.8) is 0 Å². The lowest BCUT2D eigenvalue weighted by Gasteiger charge is -2.16. The summed E-state index contributed by atoms with van der Waals surface area (Å²) in [5.41, 5.74) is 6.42. The summed E-state index contributed by atoms with van der Waals surface area (Å²) in [6.07, 6.45) is 2.05. The summed E-state index contributed by atoms with van der Waals surface area (Å²) >= 11 is 0. The predicted octanol–water partition coefficient (Wildman–Crippen LogP) is 1.26. The summed E-state index contributed by atoms with van der Waals surface area (Å²) < 4.78 is 0. The lowest BCUT2D eigenvalue weighted by Crippen LogP contribution is -2.38. The van der Waals surface area contributed by atoms with E-state index in [0.29, 0.717) is 11.7 Å². The average Bonchev–Trinajstić information content (AvgIpc) is 3.15. The largest absolute Gasteiger partial charge is 0.397 e. The van der Waals surface area contributed by atoms with Crippen LogP contribution in [0.1, 0.15) is 19.8 Å². The van der Waals surface area contributed by atoms with Gasteiger partial charge in [-0.2, -0.15) is 0 Å². The maximum atomic E-state index is 11.8. The Kier molecular flexibility index (Phi) is 3.55. The van der Waals surface area contributed by atoms with Crippen LogP contribution in [0.3, 0.4) is 0 Å². The third-order valence-corrected chi connectivity index (χ3v) is 2.93. The summed E-state index contributed by atoms with van der Waals surface area (Å²) in [7, 11) is 0. The normalized spacial score (nSPS) is 15.6. The fourth-order valence-corrected chi connectivity index (χ4v) is 1.65. The quantitative estimate of drug-likeness (QED) is 0.421. The number of nitro groups is 1. The number of benzene rings is 1. The van der Waals surface area contributed by atoms with Crippen LogP contribution in [0.5, 0.6) is 0 Å². The summed E-state index contributed by atoms with van der Waals surface area (Å²) in [5, 5.41) is 16.4. The van der Waals surface area contributed by atoms with Crippen molar-refractivity contribution < 1.29 is 9.72 Å². The second kappa shape index (κ2) is 5.13. The van der Waals surface area contributed by atoms with Gasteiger partial charge in [0, 0.05) is 18.2 Å². The fraction of sp³-hybridized carbons (Fsp3) is 0.417. The molecule has 0 spiro atoms. The summed E-state index contributed by atoms with van der Waals surface area (Å²) in [4.78, 5) is 21.8. The molecule has 1 atom stereocenters. The molecule has 1 fully saturated rings. The Morgan fingerprint density at radius 3 is 2.74 bits per heavy atom. The number of nitrogen functional groups attached to an aromatic ring is 1. The highest BCUT2D eigenvalue weighted by Crippen LogP contribution is 2.25. The van der Waals surface area contributed by atoms with E-state index in [1.807, 2.05) is 0 Å². The lowest BCUT2D eigenvalue weighted by molar-refractivity contribution is -0.384. The van der Waals surface area contributed by atoms with Crippen LogP contribution in [0.4, 0.5) is 17.1 Å². The first-order valence-electron chi connectivity index (χ1n) is 6.08. The monoisotopic (exact) mass is 264 g/mol. The molecule has 0 radical (unpaired) electrons. The van der Waals surface area contributed by atoms with Gasteiger partial charge in [0.25, 0.3) is 5.69 Å². The van der Waals surface area contributed by atoms with Crippen molar-refractivity contribution in [2.75, 3.05) is 11.1 Å². The third-order valence-electron chi connectivity index (χ3n) is 2.93. The van der Waals surface area contributed by atoms with Gasteiger partial charge >= 0.3 is 0 Å². The lowest BCUT2D eigenvalue weighted by atomic mass is 10.2. The van der Waals surface area contributed by atoms with Gasteiger partial charge in [-0.3, -0.25) is 14.9 Å². The Morgan fingerprint density at radius 2 is 2.21 bits per heavy atom. The number of amides is 1. The molecule has 4 N–H and O–H groups in total. The first kappa shape index (κ1) is 13.1. The molecule has 0 aliphatic heterocycles. The zero-order chi connectivity index (χ0) is 14.0. The minimum absolute atomic E-state index is 0.0712. The van der Waals surface area contributed by atoms with Gasteiger partial charge in [0.05, 0.1) is 16.3 Å². The first-order chi connectivity index (χ1) is 8.97. The molecule has 7 nitrogen and oxygen atoms in total. The molecule has 1 aliphatic carbocycles. The zero-order valence-electron chi connectivity index (χ0n) is 10.6. The van der Waals surface area contributed by atoms with E-state index in [1.54, 1.807) is 6.92 Å². The highest BCUT2D eigenvalue weighted by Gasteiger charge is 2.25. The van der Waals surface area contributed by atoms with Gasteiger partial charge in [-0.05, 0) is 25.8 Å². The van der Waals surface area contributed by atoms with Crippen LogP contribution in [0, 0.1) is 10.1 Å². The molecular formula is C12H16N4O3. The highest BCUT2D eigenvalue weighted by molar-refractivity contribution is 5.86. The number of nitro benzene ring substituents is 1. The summed E-state index contributed by atoms with van der Waals surface area (Å²) in [6, 6.07) is 3.99. The molecule has 1 saturated carbocycles. The minimum atomic E-state index is -0.511. The number of hydrogen-bond donors (Lipinski definition) is 3. The summed E-state index contributed by atoms with van der Waals surface area (Å²) in [5.74, 6) is -0.0970. The molecule has 0 heterocycles. The number of carbonyl (C=O) groups is 1. The van der Waals surface area contributed by atoms with Gasteiger partial charge in [0.2, 0.25) is 5.91 Å². The fourth-order valence-electron chi connectivity index (χ4n) is 1.65. The van der Waals surface area contributed by atoms with E-state index >= 15 is 0 Å². The minimum Gasteiger partial charge on any atom is -0.397 e. The Hall–Kier alpha value is -2.31. The number of rotatable bonds is 5. The van der Waals surface area contributed by atoms with Crippen molar-refractivity contribution >= 4 is 23.0 Å². The van der Waals surface area contributed by atoms with Crippen LogP contribution in [-0.2, 0) is 4.79 Å². The van der Waals surface area contributed by atoms with Gasteiger partial charge in [-0.1, -0.05) is 0 Å². The standard InChI is InChI=1S/C12H16N4O3/c1-7(12(17)15-8-2-3-8)14-11-5-4-9(16(18)19)6-10(11)13/h4-8,14H,2-3,13H2,1H3,(H,15,17). The average molecular weight is 264 g/mol. The van der Waals surface area contributed by atoms with Crippen LogP contribution in [-0.4, -0.2) is 22.9 Å². The number of nitrogens with one attached hydrogen (secondary N) is 2. The molecule has 1 aromatic carbocycles. The number of nitrogens with two attached hydrogens (primary N) is 1. The predicted molar refractivity (Wildman–Crippen MR) is 71.8 cm³/mol. The molecule has 0 saturated heterocycles. The third kappa shape index (κ3) is 3.34. The number of hydrogen-bond acceptors (Lipinski definition) is 5. The zero-order valence-corrected chi connectivity index (χ0v) is 10.6. The molecule has 1 aliphatic rings. The van der Waals surface area contributed by atoms with Crippen LogP contribution >= 0.6 is 0 Å². The van der Waals surface area contributed by atoms with Crippen LogP contribution < -0.4 is 16.4 Å². The van der Waals surface area contributed by atoms with Crippen molar-refractivity contribution in [3.8, 4) is 0 Å². The molecule has 19 heavy (non-hydrogen) atoms. The van der Waals surface area contributed by atoms with Crippen molar-refractivity contribution in [2.45, 2.75) is 31.8 Å². The number of anilines is 2. The topological polar surface area (TPSA) is 110 Å². The highest BCUT2D eigenvalue weighted by atomic mass is 16.6. The van der Waals surface area contributed by atoms with E-state index in [2.05, 4.69) is 10.6 Å². The van der Waals surface area contributed by atoms with Gasteiger partial charge in [-0.25, -0.2) is 0 Å². The molecular weight excluding hydrogens is 248 g/mol. The van der Waals surface area contributed by atoms with E-state index in [4.69, 9.17) is 5.73 Å². The van der Waals surface area contributed by atoms with Gasteiger partial charge < -0.3 is 16.4 Å².